The van der Waals surface area contributed by atoms with E-state index in [9.17, 15) is 32.8 Å². The molecule has 5 aromatic heterocycles. The molecule has 0 spiro atoms. The van der Waals surface area contributed by atoms with Crippen LogP contribution in [0.3, 0.4) is 0 Å². The smallest absolute Gasteiger partial charge is 0.281 e. The number of halogens is 2. The highest BCUT2D eigenvalue weighted by Gasteiger charge is 2.53. The summed E-state index contributed by atoms with van der Waals surface area (Å²) in [5.74, 6) is -2.68. The van der Waals surface area contributed by atoms with Gasteiger partial charge in [0.2, 0.25) is 5.43 Å². The second-order valence-corrected chi connectivity index (χ2v) is 27.3. The van der Waals surface area contributed by atoms with Gasteiger partial charge in [-0.15, -0.1) is 0 Å². The molecule has 7 aromatic rings. The van der Waals surface area contributed by atoms with E-state index in [0.29, 0.717) is 33.4 Å². The molecule has 402 valence electrons. The number of carbonyl (C=O) groups is 4. The number of benzene rings is 2. The molecule has 2 aliphatic rings. The Labute approximate surface area is 449 Å². The highest BCUT2D eigenvalue weighted by atomic mass is 28.4. The molecule has 9 rings (SSSR count). The van der Waals surface area contributed by atoms with Gasteiger partial charge in [0.05, 0.1) is 34.0 Å². The zero-order chi connectivity index (χ0) is 56.8. The highest BCUT2D eigenvalue weighted by molar-refractivity contribution is 6.78. The number of aromatic amines is 1. The van der Waals surface area contributed by atoms with Crippen molar-refractivity contribution < 1.29 is 32.4 Å². The minimum Gasteiger partial charge on any atom is -0.541 e. The molecule has 2 N–H and O–H groups in total. The first-order valence-corrected chi connectivity index (χ1v) is 27.8. The van der Waals surface area contributed by atoms with Crippen molar-refractivity contribution >= 4 is 59.7 Å². The Morgan fingerprint density at radius 2 is 1.09 bits per heavy atom. The van der Waals surface area contributed by atoms with Crippen molar-refractivity contribution in [1.29, 1.82) is 0 Å². The van der Waals surface area contributed by atoms with E-state index in [1.165, 1.54) is 64.3 Å². The summed E-state index contributed by atoms with van der Waals surface area (Å²) in [6.45, 7) is 32.0. The zero-order valence-electron chi connectivity index (χ0n) is 46.8. The Hall–Kier alpha value is -7.79. The number of hydrogen-bond acceptors (Lipinski definition) is 11. The van der Waals surface area contributed by atoms with E-state index in [1.807, 2.05) is 25.3 Å². The lowest BCUT2D eigenvalue weighted by Crippen LogP contribution is -2.51. The molecule has 0 fully saturated rings. The van der Waals surface area contributed by atoms with Gasteiger partial charge in [-0.05, 0) is 156 Å². The molecule has 17 heteroatoms. The van der Waals surface area contributed by atoms with Crippen LogP contribution in [0.2, 0.25) is 16.6 Å². The summed E-state index contributed by atoms with van der Waals surface area (Å²) in [5.41, 5.74) is 7.26. The normalized spacial score (nSPS) is 13.5. The number of amides is 4. The maximum atomic E-state index is 14.1. The average molecular weight is 1060 g/mol. The predicted octanol–water partition coefficient (Wildman–Crippen LogP) is 13.2. The summed E-state index contributed by atoms with van der Waals surface area (Å²) in [4.78, 5) is 89.5. The summed E-state index contributed by atoms with van der Waals surface area (Å²) in [6.07, 6.45) is 6.82. The molecule has 0 aliphatic carbocycles. The molecule has 0 saturated heterocycles. The molecule has 0 bridgehead atoms. The second kappa shape index (κ2) is 21.7. The van der Waals surface area contributed by atoms with Crippen LogP contribution < -0.4 is 15.2 Å². The van der Waals surface area contributed by atoms with Crippen LogP contribution in [0.4, 0.5) is 14.5 Å². The molecule has 2 aromatic carbocycles. The quantitative estimate of drug-likeness (QED) is 0.0929. The third-order valence-electron chi connectivity index (χ3n) is 15.1. The van der Waals surface area contributed by atoms with E-state index in [2.05, 4.69) is 99.5 Å². The minimum atomic E-state index is -2.53. The number of nitrogens with zero attached hydrogens (tertiary/aromatic N) is 6. The highest BCUT2D eigenvalue weighted by Crippen LogP contribution is 2.48. The fourth-order valence-electron chi connectivity index (χ4n) is 10.4. The van der Waals surface area contributed by atoms with Gasteiger partial charge in [0, 0.05) is 24.3 Å². The van der Waals surface area contributed by atoms with Gasteiger partial charge in [0.25, 0.3) is 31.9 Å². The van der Waals surface area contributed by atoms with E-state index < -0.39 is 54.3 Å². The molecule has 0 unspecified atom stereocenters. The fraction of sp³-hybridized carbons (Fsp3) is 0.350. The van der Waals surface area contributed by atoms with Gasteiger partial charge < -0.3 is 14.7 Å². The number of hydrogen-bond donors (Lipinski definition) is 2. The number of fused-ring (bicyclic) bond motifs is 4. The first-order chi connectivity index (χ1) is 36.1. The number of aromatic nitrogens is 5. The van der Waals surface area contributed by atoms with Crippen LogP contribution in [0.5, 0.6) is 5.75 Å². The molecule has 0 atom stereocenters. The number of aryl methyl sites for hydroxylation is 3. The number of H-pyrrole nitrogens is 1. The number of carbonyl (C=O) groups excluding carboxylic acids is 4. The third-order valence-corrected chi connectivity index (χ3v) is 21.1. The average Bonchev–Trinajstić information content (AvgIpc) is 3.78. The molecule has 77 heavy (non-hydrogen) atoms. The SMILES string of the molecule is CC(C)=C(C)Nc1cnccc1C.Cc1ccnc2c(=O)c3c([nH]c12)C(=O)N(C(C)(C)c1ccc(F)cc1)C3=O.Cc1ccnc2c(O[Si](C(C)C)(C(C)C)C(C)C)c3c(nc12)C(=O)N(C(C)(C)c1ccc(F)cc1)C3=O. The first kappa shape index (κ1) is 56.9. The Kier molecular flexibility index (Phi) is 16.0. The lowest BCUT2D eigenvalue weighted by Gasteiger charge is -2.42. The van der Waals surface area contributed by atoms with E-state index in [0.717, 1.165) is 21.7 Å². The van der Waals surface area contributed by atoms with E-state index >= 15 is 0 Å². The Morgan fingerprint density at radius 3 is 1.60 bits per heavy atom. The second-order valence-electron chi connectivity index (χ2n) is 21.9. The summed E-state index contributed by atoms with van der Waals surface area (Å²) in [6, 6.07) is 17.0. The van der Waals surface area contributed by atoms with Gasteiger partial charge >= 0.3 is 0 Å². The van der Waals surface area contributed by atoms with Crippen molar-refractivity contribution in [2.24, 2.45) is 0 Å². The number of anilines is 1. The molecule has 0 radical (unpaired) electrons. The number of rotatable bonds is 11. The lowest BCUT2D eigenvalue weighted by atomic mass is 9.92. The van der Waals surface area contributed by atoms with Gasteiger partial charge in [0.1, 0.15) is 50.9 Å². The number of nitrogens with one attached hydrogen (secondary N) is 2. The van der Waals surface area contributed by atoms with Gasteiger partial charge in [0.15, 0.2) is 0 Å². The maximum absolute atomic E-state index is 14.1. The van der Waals surface area contributed by atoms with Crippen molar-refractivity contribution in [3.63, 3.8) is 0 Å². The Morgan fingerprint density at radius 1 is 0.610 bits per heavy atom. The fourth-order valence-corrected chi connectivity index (χ4v) is 15.7. The number of allylic oxidation sites excluding steroid dienone is 2. The standard InChI is InChI=1S/C29H36FN3O3Si.C20H16FN3O3.C11H16N2/c1-16(2)37(17(3)4,18(5)6)36-26-22-24(32-23-19(7)14-15-31-25(23)26)28(35)33(27(22)34)29(8,9)20-10-12-21(30)13-11-20;1-10-8-9-22-16-14(10)23-15-13(17(16)25)18(26)24(19(15)27)20(2,3)11-4-6-12(21)7-5-11;1-8(2)10(4)13-11-7-12-6-5-9(11)3/h10-18H,1-9H3;4-9H,1-3H3,(H,23,25);5-7,13H,1-4H3. The molecule has 14 nitrogen and oxygen atoms in total. The van der Waals surface area contributed by atoms with Crippen molar-refractivity contribution in [3.05, 3.63) is 175 Å². The van der Waals surface area contributed by atoms with Crippen molar-refractivity contribution in [2.45, 2.75) is 138 Å². The Balaban J connectivity index is 0.000000187. The van der Waals surface area contributed by atoms with Gasteiger partial charge in [-0.2, -0.15) is 0 Å². The van der Waals surface area contributed by atoms with E-state index in [1.54, 1.807) is 65.2 Å². The number of pyridine rings is 5. The van der Waals surface area contributed by atoms with Crippen molar-refractivity contribution in [1.82, 2.24) is 34.7 Å². The first-order valence-electron chi connectivity index (χ1n) is 25.7. The molecule has 4 amide bonds. The summed E-state index contributed by atoms with van der Waals surface area (Å²) >= 11 is 0. The van der Waals surface area contributed by atoms with Crippen LogP contribution in [0.25, 0.3) is 22.1 Å². The van der Waals surface area contributed by atoms with Gasteiger partial charge in [-0.1, -0.05) is 71.4 Å². The summed E-state index contributed by atoms with van der Waals surface area (Å²) in [7, 11) is -2.53. The lowest BCUT2D eigenvalue weighted by molar-refractivity contribution is 0.0456. The van der Waals surface area contributed by atoms with E-state index in [-0.39, 0.29) is 50.5 Å². The van der Waals surface area contributed by atoms with Gasteiger partial charge in [-0.25, -0.2) is 13.8 Å². The molecule has 0 saturated carbocycles. The third kappa shape index (κ3) is 10.3. The van der Waals surface area contributed by atoms with Crippen LogP contribution in [0.15, 0.2) is 108 Å². The molecule has 7 heterocycles. The van der Waals surface area contributed by atoms with Crippen LogP contribution in [0, 0.1) is 32.4 Å². The Bertz CT molecular complexity index is 3550. The van der Waals surface area contributed by atoms with Crippen LogP contribution in [-0.2, 0) is 11.1 Å². The summed E-state index contributed by atoms with van der Waals surface area (Å²) in [5, 5.41) is 3.33. The van der Waals surface area contributed by atoms with Crippen molar-refractivity contribution in [2.75, 3.05) is 5.32 Å². The predicted molar refractivity (Wildman–Crippen MR) is 300 cm³/mol. The van der Waals surface area contributed by atoms with Crippen molar-refractivity contribution in [3.8, 4) is 5.75 Å². The molecule has 2 aliphatic heterocycles. The van der Waals surface area contributed by atoms with Crippen LogP contribution in [0.1, 0.15) is 160 Å². The number of imide groups is 2. The zero-order valence-corrected chi connectivity index (χ0v) is 47.8. The molecular formula is C60H68F2N8O6Si. The topological polar surface area (TPSA) is 180 Å². The van der Waals surface area contributed by atoms with E-state index in [4.69, 9.17) is 4.43 Å². The summed E-state index contributed by atoms with van der Waals surface area (Å²) < 4.78 is 34.0. The minimum absolute atomic E-state index is 0.0382. The van der Waals surface area contributed by atoms with Crippen LogP contribution >= 0.6 is 0 Å². The largest absolute Gasteiger partial charge is 0.541 e. The van der Waals surface area contributed by atoms with Crippen LogP contribution in [-0.4, -0.2) is 66.7 Å². The monoisotopic (exact) mass is 1060 g/mol. The van der Waals surface area contributed by atoms with Gasteiger partial charge in [-0.3, -0.25) is 48.7 Å². The molecular weight excluding hydrogens is 995 g/mol. The maximum Gasteiger partial charge on any atom is 0.281 e.